The molecule has 2 N–H and O–H groups in total. The standard InChI is InChI=1S/C18H19N5S3/c1-4-6-25-18-15(19)14-11(13-9-21-10(2)23(13)3)8-12(22-17(14)26-18)16-20-5-7-24-16/h5,7-9H,4,6,19H2,1-3H3. The van der Waals surface area contributed by atoms with E-state index in [-0.39, 0.29) is 0 Å². The average Bonchev–Trinajstić information content (AvgIpc) is 3.35. The molecule has 0 saturated heterocycles. The number of thiazole rings is 1. The monoisotopic (exact) mass is 401 g/mol. The van der Waals surface area contributed by atoms with E-state index in [0.29, 0.717) is 0 Å². The number of thiophene rings is 1. The van der Waals surface area contributed by atoms with Crippen LogP contribution in [0.5, 0.6) is 0 Å². The van der Waals surface area contributed by atoms with E-state index in [0.717, 1.165) is 60.1 Å². The number of pyridine rings is 1. The van der Waals surface area contributed by atoms with Crippen LogP contribution in [0.4, 0.5) is 5.69 Å². The Morgan fingerprint density at radius 2 is 2.15 bits per heavy atom. The van der Waals surface area contributed by atoms with Gasteiger partial charge in [-0.3, -0.25) is 0 Å². The van der Waals surface area contributed by atoms with Crippen molar-refractivity contribution in [2.45, 2.75) is 24.5 Å². The fourth-order valence-corrected chi connectivity index (χ4v) is 5.64. The third-order valence-electron chi connectivity index (χ3n) is 4.25. The maximum absolute atomic E-state index is 6.55. The predicted molar refractivity (Wildman–Crippen MR) is 113 cm³/mol. The largest absolute Gasteiger partial charge is 0.397 e. The molecular weight excluding hydrogens is 382 g/mol. The first-order chi connectivity index (χ1) is 12.6. The summed E-state index contributed by atoms with van der Waals surface area (Å²) in [7, 11) is 2.03. The van der Waals surface area contributed by atoms with Crippen molar-refractivity contribution in [3.8, 4) is 22.0 Å². The quantitative estimate of drug-likeness (QED) is 0.465. The first-order valence-corrected chi connectivity index (χ1v) is 11.0. The summed E-state index contributed by atoms with van der Waals surface area (Å²) in [4.78, 5) is 14.7. The van der Waals surface area contributed by atoms with Crippen LogP contribution in [0.25, 0.3) is 32.2 Å². The zero-order valence-corrected chi connectivity index (χ0v) is 17.3. The van der Waals surface area contributed by atoms with Gasteiger partial charge in [0.1, 0.15) is 21.4 Å². The fraction of sp³-hybridized carbons (Fsp3) is 0.278. The highest BCUT2D eigenvalue weighted by atomic mass is 32.2. The van der Waals surface area contributed by atoms with E-state index >= 15 is 0 Å². The Morgan fingerprint density at radius 1 is 1.31 bits per heavy atom. The summed E-state index contributed by atoms with van der Waals surface area (Å²) in [6, 6.07) is 2.09. The van der Waals surface area contributed by atoms with Crippen molar-refractivity contribution in [3.63, 3.8) is 0 Å². The maximum atomic E-state index is 6.55. The van der Waals surface area contributed by atoms with Gasteiger partial charge in [-0.25, -0.2) is 15.0 Å². The van der Waals surface area contributed by atoms with Crippen LogP contribution in [0.3, 0.4) is 0 Å². The van der Waals surface area contributed by atoms with E-state index in [1.165, 1.54) is 0 Å². The van der Waals surface area contributed by atoms with Crippen LogP contribution in [0.1, 0.15) is 19.2 Å². The summed E-state index contributed by atoms with van der Waals surface area (Å²) in [6.45, 7) is 4.18. The van der Waals surface area contributed by atoms with E-state index in [1.54, 1.807) is 22.7 Å². The van der Waals surface area contributed by atoms with Crippen LogP contribution < -0.4 is 5.73 Å². The van der Waals surface area contributed by atoms with Crippen molar-refractivity contribution in [1.82, 2.24) is 19.5 Å². The lowest BCUT2D eigenvalue weighted by Gasteiger charge is -2.08. The van der Waals surface area contributed by atoms with Crippen LogP contribution in [0.15, 0.2) is 28.0 Å². The Morgan fingerprint density at radius 3 is 2.81 bits per heavy atom. The Bertz CT molecular complexity index is 1060. The van der Waals surface area contributed by atoms with E-state index < -0.39 is 0 Å². The van der Waals surface area contributed by atoms with Crippen molar-refractivity contribution >= 4 is 50.3 Å². The molecule has 4 aromatic rings. The molecular formula is C18H19N5S3. The van der Waals surface area contributed by atoms with Gasteiger partial charge in [-0.2, -0.15) is 0 Å². The average molecular weight is 402 g/mol. The molecule has 0 aliphatic rings. The number of nitrogens with two attached hydrogens (primary N) is 1. The first kappa shape index (κ1) is 17.5. The molecule has 134 valence electrons. The highest BCUT2D eigenvalue weighted by Crippen LogP contribution is 2.45. The summed E-state index contributed by atoms with van der Waals surface area (Å²) < 4.78 is 3.24. The van der Waals surface area contributed by atoms with Crippen LogP contribution in [-0.2, 0) is 7.05 Å². The second kappa shape index (κ2) is 7.02. The number of rotatable bonds is 5. The summed E-state index contributed by atoms with van der Waals surface area (Å²) >= 11 is 5.07. The molecule has 0 saturated carbocycles. The van der Waals surface area contributed by atoms with Crippen molar-refractivity contribution in [2.24, 2.45) is 7.05 Å². The van der Waals surface area contributed by atoms with E-state index in [9.17, 15) is 0 Å². The van der Waals surface area contributed by atoms with E-state index in [4.69, 9.17) is 10.7 Å². The second-order valence-corrected chi connectivity index (χ2v) is 9.23. The summed E-state index contributed by atoms with van der Waals surface area (Å²) in [6.07, 6.45) is 4.83. The van der Waals surface area contributed by atoms with Crippen LogP contribution in [0, 0.1) is 6.92 Å². The second-order valence-electron chi connectivity index (χ2n) is 5.97. The van der Waals surface area contributed by atoms with Gasteiger partial charge in [0.15, 0.2) is 0 Å². The molecule has 4 heterocycles. The first-order valence-electron chi connectivity index (χ1n) is 8.34. The normalized spacial score (nSPS) is 11.5. The van der Waals surface area contributed by atoms with Gasteiger partial charge in [0.2, 0.25) is 0 Å². The molecule has 0 atom stereocenters. The minimum absolute atomic E-state index is 0.829. The lowest BCUT2D eigenvalue weighted by atomic mass is 10.1. The number of fused-ring (bicyclic) bond motifs is 1. The molecule has 0 unspecified atom stereocenters. The molecule has 4 aromatic heterocycles. The zero-order chi connectivity index (χ0) is 18.3. The molecule has 0 aromatic carbocycles. The molecule has 4 rings (SSSR count). The molecule has 0 aliphatic heterocycles. The van der Waals surface area contributed by atoms with Gasteiger partial charge in [0.05, 0.1) is 21.8 Å². The lowest BCUT2D eigenvalue weighted by molar-refractivity contribution is 0.865. The maximum Gasteiger partial charge on any atom is 0.141 e. The number of imidazole rings is 1. The van der Waals surface area contributed by atoms with Crippen molar-refractivity contribution in [3.05, 3.63) is 29.7 Å². The fourth-order valence-electron chi connectivity index (χ4n) is 2.82. The molecule has 0 aliphatic carbocycles. The number of aryl methyl sites for hydroxylation is 1. The minimum atomic E-state index is 0.829. The highest BCUT2D eigenvalue weighted by Gasteiger charge is 2.20. The smallest absolute Gasteiger partial charge is 0.141 e. The molecule has 0 spiro atoms. The molecule has 0 bridgehead atoms. The Labute approximate surface area is 164 Å². The number of thioether (sulfide) groups is 1. The van der Waals surface area contributed by atoms with Crippen molar-refractivity contribution in [2.75, 3.05) is 11.5 Å². The van der Waals surface area contributed by atoms with Gasteiger partial charge in [-0.15, -0.1) is 34.4 Å². The number of nitrogens with zero attached hydrogens (tertiary/aromatic N) is 4. The number of aromatic nitrogens is 4. The van der Waals surface area contributed by atoms with Gasteiger partial charge in [-0.1, -0.05) is 6.92 Å². The Kier molecular flexibility index (Phi) is 4.73. The summed E-state index contributed by atoms with van der Waals surface area (Å²) in [5.41, 5.74) is 10.4. The van der Waals surface area contributed by atoms with Crippen molar-refractivity contribution < 1.29 is 0 Å². The van der Waals surface area contributed by atoms with E-state index in [2.05, 4.69) is 27.5 Å². The minimum Gasteiger partial charge on any atom is -0.397 e. The van der Waals surface area contributed by atoms with Crippen LogP contribution in [0.2, 0.25) is 0 Å². The molecule has 0 amide bonds. The number of nitrogen functional groups attached to an aromatic ring is 1. The third-order valence-corrected chi connectivity index (χ3v) is 7.64. The molecule has 26 heavy (non-hydrogen) atoms. The topological polar surface area (TPSA) is 69.6 Å². The number of hydrogen-bond acceptors (Lipinski definition) is 7. The van der Waals surface area contributed by atoms with Gasteiger partial charge >= 0.3 is 0 Å². The Balaban J connectivity index is 2.00. The number of anilines is 1. The molecule has 5 nitrogen and oxygen atoms in total. The van der Waals surface area contributed by atoms with Gasteiger partial charge in [0.25, 0.3) is 0 Å². The highest BCUT2D eigenvalue weighted by molar-refractivity contribution is 8.01. The zero-order valence-electron chi connectivity index (χ0n) is 14.8. The van der Waals surface area contributed by atoms with Gasteiger partial charge < -0.3 is 10.3 Å². The van der Waals surface area contributed by atoms with Gasteiger partial charge in [-0.05, 0) is 25.2 Å². The predicted octanol–water partition coefficient (Wildman–Crippen LogP) is 5.21. The van der Waals surface area contributed by atoms with Gasteiger partial charge in [0, 0.05) is 29.6 Å². The van der Waals surface area contributed by atoms with Crippen LogP contribution >= 0.6 is 34.4 Å². The summed E-state index contributed by atoms with van der Waals surface area (Å²) in [5.74, 6) is 2.02. The SMILES string of the molecule is CCCSc1sc2nc(-c3nccs3)cc(-c3cnc(C)n3C)c2c1N. The third kappa shape index (κ3) is 2.91. The lowest BCUT2D eigenvalue weighted by Crippen LogP contribution is -1.97. The van der Waals surface area contributed by atoms with E-state index in [1.807, 2.05) is 43.5 Å². The molecule has 8 heteroatoms. The Hall–Kier alpha value is -1.90. The van der Waals surface area contributed by atoms with Crippen LogP contribution in [-0.4, -0.2) is 25.3 Å². The molecule has 0 radical (unpaired) electrons. The van der Waals surface area contributed by atoms with Crippen molar-refractivity contribution in [1.29, 1.82) is 0 Å². The summed E-state index contributed by atoms with van der Waals surface area (Å²) in [5, 5.41) is 3.92. The molecule has 0 fully saturated rings. The number of hydrogen-bond donors (Lipinski definition) is 1.